The second-order valence-electron chi connectivity index (χ2n) is 7.87. The molecule has 2 aromatic carbocycles. The van der Waals surface area contributed by atoms with Crippen molar-refractivity contribution in [3.8, 4) is 22.6 Å². The first kappa shape index (κ1) is 19.3. The molecule has 5 rings (SSSR count). The van der Waals surface area contributed by atoms with Crippen molar-refractivity contribution >= 4 is 16.7 Å². The van der Waals surface area contributed by atoms with Crippen LogP contribution in [0.3, 0.4) is 0 Å². The van der Waals surface area contributed by atoms with Gasteiger partial charge in [-0.15, -0.1) is 0 Å². The number of rotatable bonds is 4. The van der Waals surface area contributed by atoms with E-state index in [1.165, 1.54) is 6.07 Å². The van der Waals surface area contributed by atoms with Gasteiger partial charge in [0.1, 0.15) is 17.3 Å². The number of hydrogen-bond acceptors (Lipinski definition) is 5. The second kappa shape index (κ2) is 8.24. The Morgan fingerprint density at radius 2 is 1.74 bits per heavy atom. The van der Waals surface area contributed by atoms with Crippen LogP contribution < -0.4 is 15.2 Å². The van der Waals surface area contributed by atoms with Gasteiger partial charge in [0.15, 0.2) is 0 Å². The molecule has 1 N–H and O–H groups in total. The third-order valence-corrected chi connectivity index (χ3v) is 5.68. The highest BCUT2D eigenvalue weighted by molar-refractivity contribution is 5.85. The number of nitrogens with one attached hydrogen (secondary N) is 1. The fourth-order valence-electron chi connectivity index (χ4n) is 3.90. The standard InChI is InChI=1S/C25H24N4O2/c1-28-11-13-29(14-12-28)24-10-9-19(17-26-24)18-5-4-6-20(15-18)31-23-16-25(30)27-22-8-3-2-7-21(22)23/h2-10,15-17H,11-14H2,1H3,(H,27,30). The molecule has 0 bridgehead atoms. The molecule has 0 aliphatic carbocycles. The number of piperazine rings is 1. The molecule has 1 fully saturated rings. The van der Waals surface area contributed by atoms with E-state index in [1.54, 1.807) is 0 Å². The summed E-state index contributed by atoms with van der Waals surface area (Å²) < 4.78 is 6.11. The summed E-state index contributed by atoms with van der Waals surface area (Å²) >= 11 is 0. The first-order valence-corrected chi connectivity index (χ1v) is 10.5. The van der Waals surface area contributed by atoms with E-state index in [0.29, 0.717) is 11.5 Å². The first-order chi connectivity index (χ1) is 15.2. The molecule has 6 heteroatoms. The Balaban J connectivity index is 1.39. The predicted octanol–water partition coefficient (Wildman–Crippen LogP) is 4.13. The van der Waals surface area contributed by atoms with Crippen LogP contribution in [0.25, 0.3) is 22.0 Å². The van der Waals surface area contributed by atoms with Gasteiger partial charge in [-0.2, -0.15) is 0 Å². The van der Waals surface area contributed by atoms with E-state index < -0.39 is 0 Å². The molecule has 6 nitrogen and oxygen atoms in total. The second-order valence-corrected chi connectivity index (χ2v) is 7.87. The Morgan fingerprint density at radius 3 is 2.55 bits per heavy atom. The normalized spacial score (nSPS) is 14.7. The van der Waals surface area contributed by atoms with E-state index in [0.717, 1.165) is 54.0 Å². The van der Waals surface area contributed by atoms with Gasteiger partial charge < -0.3 is 19.5 Å². The molecule has 0 saturated carbocycles. The number of aromatic amines is 1. The molecule has 2 aromatic heterocycles. The molecule has 3 heterocycles. The smallest absolute Gasteiger partial charge is 0.252 e. The van der Waals surface area contributed by atoms with Crippen LogP contribution in [0.2, 0.25) is 0 Å². The molecule has 31 heavy (non-hydrogen) atoms. The van der Waals surface area contributed by atoms with Crippen LogP contribution in [0, 0.1) is 0 Å². The monoisotopic (exact) mass is 412 g/mol. The molecule has 1 saturated heterocycles. The Labute approximate surface area is 180 Å². The van der Waals surface area contributed by atoms with Crippen LogP contribution in [-0.4, -0.2) is 48.1 Å². The molecule has 0 amide bonds. The van der Waals surface area contributed by atoms with E-state index in [9.17, 15) is 4.79 Å². The zero-order chi connectivity index (χ0) is 21.2. The van der Waals surface area contributed by atoms with Gasteiger partial charge >= 0.3 is 0 Å². The molecule has 1 aliphatic heterocycles. The molecule has 0 atom stereocenters. The molecule has 0 radical (unpaired) electrons. The number of likely N-dealkylation sites (N-methyl/N-ethyl adjacent to an activating group) is 1. The minimum absolute atomic E-state index is 0.187. The Hall–Kier alpha value is -3.64. The summed E-state index contributed by atoms with van der Waals surface area (Å²) in [4.78, 5) is 24.2. The van der Waals surface area contributed by atoms with Crippen LogP contribution >= 0.6 is 0 Å². The summed E-state index contributed by atoms with van der Waals surface area (Å²) in [6, 6.07) is 21.2. The fourth-order valence-corrected chi connectivity index (χ4v) is 3.90. The van der Waals surface area contributed by atoms with E-state index in [4.69, 9.17) is 9.72 Å². The number of para-hydroxylation sites is 1. The van der Waals surface area contributed by atoms with Crippen LogP contribution in [0.5, 0.6) is 11.5 Å². The number of H-pyrrole nitrogens is 1. The van der Waals surface area contributed by atoms with Crippen LogP contribution in [0.4, 0.5) is 5.82 Å². The van der Waals surface area contributed by atoms with Crippen molar-refractivity contribution in [1.29, 1.82) is 0 Å². The molecule has 1 aliphatic rings. The Bertz CT molecular complexity index is 1260. The average molecular weight is 412 g/mol. The average Bonchev–Trinajstić information content (AvgIpc) is 2.80. The largest absolute Gasteiger partial charge is 0.456 e. The zero-order valence-corrected chi connectivity index (χ0v) is 17.4. The van der Waals surface area contributed by atoms with Crippen molar-refractivity contribution in [3.63, 3.8) is 0 Å². The molecule has 0 spiro atoms. The van der Waals surface area contributed by atoms with Crippen molar-refractivity contribution < 1.29 is 4.74 Å². The summed E-state index contributed by atoms with van der Waals surface area (Å²) in [5, 5.41) is 0.866. The number of hydrogen-bond donors (Lipinski definition) is 1. The number of aromatic nitrogens is 2. The van der Waals surface area contributed by atoms with Gasteiger partial charge in [-0.25, -0.2) is 4.98 Å². The minimum Gasteiger partial charge on any atom is -0.456 e. The first-order valence-electron chi connectivity index (χ1n) is 10.5. The SMILES string of the molecule is CN1CCN(c2ccc(-c3cccc(Oc4cc(=O)[nH]c5ccccc45)c3)cn2)CC1. The Kier molecular flexibility index (Phi) is 5.14. The fraction of sp³-hybridized carbons (Fsp3) is 0.200. The number of fused-ring (bicyclic) bond motifs is 1. The van der Waals surface area contributed by atoms with Gasteiger partial charge in [-0.1, -0.05) is 24.3 Å². The van der Waals surface area contributed by atoms with Gasteiger partial charge in [-0.3, -0.25) is 4.79 Å². The Morgan fingerprint density at radius 1 is 0.903 bits per heavy atom. The summed E-state index contributed by atoms with van der Waals surface area (Å²) in [6.45, 7) is 4.10. The molecule has 156 valence electrons. The molecule has 0 unspecified atom stereocenters. The van der Waals surface area contributed by atoms with Crippen molar-refractivity contribution in [1.82, 2.24) is 14.9 Å². The number of anilines is 1. The third-order valence-electron chi connectivity index (χ3n) is 5.68. The summed E-state index contributed by atoms with van der Waals surface area (Å²) in [5.41, 5.74) is 2.61. The zero-order valence-electron chi connectivity index (χ0n) is 17.4. The number of nitrogens with zero attached hydrogens (tertiary/aromatic N) is 3. The van der Waals surface area contributed by atoms with E-state index in [1.807, 2.05) is 54.7 Å². The maximum absolute atomic E-state index is 12.0. The topological polar surface area (TPSA) is 61.5 Å². The summed E-state index contributed by atoms with van der Waals surface area (Å²) in [5.74, 6) is 2.23. The molecular formula is C25H24N4O2. The number of pyridine rings is 2. The lowest BCUT2D eigenvalue weighted by atomic mass is 10.1. The quantitative estimate of drug-likeness (QED) is 0.546. The van der Waals surface area contributed by atoms with Crippen LogP contribution in [0.1, 0.15) is 0 Å². The lowest BCUT2D eigenvalue weighted by molar-refractivity contribution is 0.312. The lowest BCUT2D eigenvalue weighted by Gasteiger charge is -2.33. The van der Waals surface area contributed by atoms with E-state index >= 15 is 0 Å². The predicted molar refractivity (Wildman–Crippen MR) is 124 cm³/mol. The van der Waals surface area contributed by atoms with Crippen molar-refractivity contribution in [2.75, 3.05) is 38.1 Å². The molecule has 4 aromatic rings. The van der Waals surface area contributed by atoms with Gasteiger partial charge in [0, 0.05) is 49.4 Å². The summed E-state index contributed by atoms with van der Waals surface area (Å²) in [7, 11) is 2.15. The highest BCUT2D eigenvalue weighted by atomic mass is 16.5. The maximum Gasteiger partial charge on any atom is 0.252 e. The van der Waals surface area contributed by atoms with Gasteiger partial charge in [-0.05, 0) is 49.0 Å². The lowest BCUT2D eigenvalue weighted by Crippen LogP contribution is -2.44. The van der Waals surface area contributed by atoms with Crippen molar-refractivity contribution in [2.24, 2.45) is 0 Å². The van der Waals surface area contributed by atoms with Crippen molar-refractivity contribution in [3.05, 3.63) is 83.3 Å². The van der Waals surface area contributed by atoms with Crippen molar-refractivity contribution in [2.45, 2.75) is 0 Å². The van der Waals surface area contributed by atoms with Gasteiger partial charge in [0.25, 0.3) is 5.56 Å². The number of benzene rings is 2. The third kappa shape index (κ3) is 4.15. The maximum atomic E-state index is 12.0. The molecular weight excluding hydrogens is 388 g/mol. The van der Waals surface area contributed by atoms with E-state index in [2.05, 4.69) is 34.0 Å². The number of ether oxygens (including phenoxy) is 1. The highest BCUT2D eigenvalue weighted by Crippen LogP contribution is 2.30. The van der Waals surface area contributed by atoms with E-state index in [-0.39, 0.29) is 5.56 Å². The highest BCUT2D eigenvalue weighted by Gasteiger charge is 2.15. The summed E-state index contributed by atoms with van der Waals surface area (Å²) in [6.07, 6.45) is 1.91. The minimum atomic E-state index is -0.187. The van der Waals surface area contributed by atoms with Crippen LogP contribution in [0.15, 0.2) is 77.7 Å². The van der Waals surface area contributed by atoms with Gasteiger partial charge in [0.05, 0.1) is 5.52 Å². The van der Waals surface area contributed by atoms with Gasteiger partial charge in [0.2, 0.25) is 0 Å². The van der Waals surface area contributed by atoms with Crippen LogP contribution in [-0.2, 0) is 0 Å².